The molecule has 0 spiro atoms. The molecule has 1 aliphatic rings. The number of nitrogens with zero attached hydrogens (tertiary/aromatic N) is 6. The molecule has 1 unspecified atom stereocenters. The summed E-state index contributed by atoms with van der Waals surface area (Å²) in [5.74, 6) is 0.568. The van der Waals surface area contributed by atoms with E-state index in [4.69, 9.17) is 0 Å². The Balaban J connectivity index is 1.72. The Hall–Kier alpha value is -3.55. The molecule has 0 saturated carbocycles. The highest BCUT2D eigenvalue weighted by molar-refractivity contribution is 5.96. The number of carbonyl (C=O) groups is 1. The Kier molecular flexibility index (Phi) is 3.11. The van der Waals surface area contributed by atoms with Crippen molar-refractivity contribution in [3.8, 4) is 11.4 Å². The summed E-state index contributed by atoms with van der Waals surface area (Å²) in [5.41, 5.74) is 4.31. The van der Waals surface area contributed by atoms with Crippen molar-refractivity contribution >= 4 is 17.4 Å². The third-order valence-corrected chi connectivity index (χ3v) is 4.69. The van der Waals surface area contributed by atoms with Crippen LogP contribution >= 0.6 is 0 Å². The van der Waals surface area contributed by atoms with Crippen molar-refractivity contribution in [3.05, 3.63) is 60.2 Å². The number of fused-ring (bicyclic) bond motifs is 2. The Bertz CT molecular complexity index is 1130. The Morgan fingerprint density at radius 1 is 1.23 bits per heavy atom. The molecule has 128 valence electrons. The van der Waals surface area contributed by atoms with E-state index in [0.29, 0.717) is 12.2 Å². The van der Waals surface area contributed by atoms with Gasteiger partial charge in [-0.25, -0.2) is 9.50 Å². The molecule has 26 heavy (non-hydrogen) atoms. The first-order valence-corrected chi connectivity index (χ1v) is 8.28. The summed E-state index contributed by atoms with van der Waals surface area (Å²) in [5, 5.41) is 11.7. The summed E-state index contributed by atoms with van der Waals surface area (Å²) in [6.45, 7) is 0. The molecule has 0 radical (unpaired) electrons. The number of rotatable bonds is 2. The van der Waals surface area contributed by atoms with Crippen LogP contribution in [0.5, 0.6) is 0 Å². The van der Waals surface area contributed by atoms with Gasteiger partial charge >= 0.3 is 0 Å². The van der Waals surface area contributed by atoms with Crippen molar-refractivity contribution < 1.29 is 4.79 Å². The van der Waals surface area contributed by atoms with E-state index in [-0.39, 0.29) is 11.8 Å². The number of amides is 1. The van der Waals surface area contributed by atoms with E-state index < -0.39 is 0 Å². The van der Waals surface area contributed by atoms with E-state index in [1.807, 2.05) is 43.6 Å². The molecule has 8 nitrogen and oxygen atoms in total. The minimum absolute atomic E-state index is 0.0283. The quantitative estimate of drug-likeness (QED) is 0.600. The zero-order chi connectivity index (χ0) is 17.7. The molecular formula is C18H15N7O. The van der Waals surface area contributed by atoms with Gasteiger partial charge < -0.3 is 5.32 Å². The third-order valence-electron chi connectivity index (χ3n) is 4.69. The van der Waals surface area contributed by atoms with E-state index in [1.165, 1.54) is 6.33 Å². The average Bonchev–Trinajstić information content (AvgIpc) is 3.26. The van der Waals surface area contributed by atoms with Gasteiger partial charge in [-0.15, -0.1) is 0 Å². The lowest BCUT2D eigenvalue weighted by Gasteiger charge is -2.24. The van der Waals surface area contributed by atoms with Crippen LogP contribution in [0.2, 0.25) is 0 Å². The van der Waals surface area contributed by atoms with Gasteiger partial charge in [0.2, 0.25) is 5.91 Å². The van der Waals surface area contributed by atoms with Crippen molar-refractivity contribution in [2.24, 2.45) is 7.05 Å². The summed E-state index contributed by atoms with van der Waals surface area (Å²) in [6, 6.07) is 9.68. The van der Waals surface area contributed by atoms with Gasteiger partial charge in [0.1, 0.15) is 17.8 Å². The molecule has 8 heteroatoms. The van der Waals surface area contributed by atoms with E-state index in [0.717, 1.165) is 28.2 Å². The minimum atomic E-state index is -0.119. The van der Waals surface area contributed by atoms with Crippen molar-refractivity contribution in [1.29, 1.82) is 0 Å². The Morgan fingerprint density at radius 3 is 3.00 bits per heavy atom. The maximum atomic E-state index is 12.3. The first-order chi connectivity index (χ1) is 12.7. The first kappa shape index (κ1) is 14.8. The van der Waals surface area contributed by atoms with Crippen molar-refractivity contribution in [2.75, 3.05) is 5.32 Å². The predicted molar refractivity (Wildman–Crippen MR) is 94.5 cm³/mol. The van der Waals surface area contributed by atoms with Crippen LogP contribution in [-0.4, -0.2) is 35.3 Å². The second-order valence-electron chi connectivity index (χ2n) is 6.28. The van der Waals surface area contributed by atoms with Gasteiger partial charge in [-0.2, -0.15) is 10.2 Å². The number of anilines is 1. The van der Waals surface area contributed by atoms with E-state index >= 15 is 0 Å². The molecule has 1 N–H and O–H groups in total. The van der Waals surface area contributed by atoms with Crippen LogP contribution in [0.25, 0.3) is 17.0 Å². The molecule has 1 amide bonds. The molecule has 4 aromatic rings. The lowest BCUT2D eigenvalue weighted by Crippen LogP contribution is -2.24. The van der Waals surface area contributed by atoms with E-state index in [1.54, 1.807) is 15.4 Å². The molecule has 0 bridgehead atoms. The van der Waals surface area contributed by atoms with Gasteiger partial charge in [-0.1, -0.05) is 6.07 Å². The number of aryl methyl sites for hydroxylation is 1. The van der Waals surface area contributed by atoms with Crippen LogP contribution < -0.4 is 5.32 Å². The number of pyridine rings is 2. The zero-order valence-electron chi connectivity index (χ0n) is 14.0. The highest BCUT2D eigenvalue weighted by atomic mass is 16.1. The Morgan fingerprint density at radius 2 is 2.15 bits per heavy atom. The summed E-state index contributed by atoms with van der Waals surface area (Å²) in [6.07, 6.45) is 5.47. The topological polar surface area (TPSA) is 90.0 Å². The van der Waals surface area contributed by atoms with Crippen LogP contribution in [0.4, 0.5) is 5.82 Å². The van der Waals surface area contributed by atoms with Gasteiger partial charge in [-0.3, -0.25) is 14.5 Å². The summed E-state index contributed by atoms with van der Waals surface area (Å²) >= 11 is 0. The summed E-state index contributed by atoms with van der Waals surface area (Å²) < 4.78 is 3.41. The van der Waals surface area contributed by atoms with Gasteiger partial charge in [0.05, 0.1) is 5.69 Å². The molecule has 5 heterocycles. The monoisotopic (exact) mass is 345 g/mol. The molecule has 0 aromatic carbocycles. The first-order valence-electron chi connectivity index (χ1n) is 8.28. The normalized spacial score (nSPS) is 16.5. The van der Waals surface area contributed by atoms with Crippen molar-refractivity contribution in [1.82, 2.24) is 29.4 Å². The standard InChI is InChI=1S/C18H15N7O/c1-24-18-16(17(23-24)13-4-2-3-6-19-13)12(9-15(26)22-18)11-5-7-25-14(8-11)20-10-21-25/h2-8,10,12H,9H2,1H3,(H,22,26). The SMILES string of the molecule is Cn1nc(-c2ccccn2)c2c1NC(=O)CC2c1ccn2ncnc2c1. The lowest BCUT2D eigenvalue weighted by atomic mass is 9.85. The zero-order valence-corrected chi connectivity index (χ0v) is 14.0. The van der Waals surface area contributed by atoms with Gasteiger partial charge in [0, 0.05) is 37.3 Å². The molecule has 0 saturated heterocycles. The number of carbonyl (C=O) groups excluding carboxylic acids is 1. The fraction of sp³-hybridized carbons (Fsp3) is 0.167. The van der Waals surface area contributed by atoms with Crippen molar-refractivity contribution in [3.63, 3.8) is 0 Å². The third kappa shape index (κ3) is 2.19. The fourth-order valence-electron chi connectivity index (χ4n) is 3.51. The fourth-order valence-corrected chi connectivity index (χ4v) is 3.51. The van der Waals surface area contributed by atoms with Crippen molar-refractivity contribution in [2.45, 2.75) is 12.3 Å². The summed E-state index contributed by atoms with van der Waals surface area (Å²) in [7, 11) is 1.83. The molecule has 0 aliphatic carbocycles. The van der Waals surface area contributed by atoms with E-state index in [9.17, 15) is 4.79 Å². The minimum Gasteiger partial charge on any atom is -0.311 e. The number of hydrogen-bond donors (Lipinski definition) is 1. The maximum absolute atomic E-state index is 12.3. The molecule has 4 aromatic heterocycles. The number of hydrogen-bond acceptors (Lipinski definition) is 5. The molecule has 1 atom stereocenters. The highest BCUT2D eigenvalue weighted by Gasteiger charge is 2.33. The van der Waals surface area contributed by atoms with Crippen LogP contribution in [0, 0.1) is 0 Å². The smallest absolute Gasteiger partial charge is 0.226 e. The van der Waals surface area contributed by atoms with Gasteiger partial charge in [-0.05, 0) is 29.8 Å². The Labute approximate surface area is 148 Å². The maximum Gasteiger partial charge on any atom is 0.226 e. The van der Waals surface area contributed by atoms with Gasteiger partial charge in [0.15, 0.2) is 5.65 Å². The molecule has 1 aliphatic heterocycles. The molecule has 0 fully saturated rings. The average molecular weight is 345 g/mol. The largest absolute Gasteiger partial charge is 0.311 e. The second-order valence-corrected chi connectivity index (χ2v) is 6.28. The van der Waals surface area contributed by atoms with E-state index in [2.05, 4.69) is 25.5 Å². The molecule has 5 rings (SSSR count). The van der Waals surface area contributed by atoms with Crippen LogP contribution in [0.1, 0.15) is 23.5 Å². The summed E-state index contributed by atoms with van der Waals surface area (Å²) in [4.78, 5) is 21.0. The predicted octanol–water partition coefficient (Wildman–Crippen LogP) is 2.00. The highest BCUT2D eigenvalue weighted by Crippen LogP contribution is 2.42. The number of nitrogens with one attached hydrogen (secondary N) is 1. The number of aromatic nitrogens is 6. The van der Waals surface area contributed by atoms with Crippen LogP contribution in [0.15, 0.2) is 49.1 Å². The van der Waals surface area contributed by atoms with Crippen LogP contribution in [-0.2, 0) is 11.8 Å². The second kappa shape index (κ2) is 5.48. The van der Waals surface area contributed by atoms with Gasteiger partial charge in [0.25, 0.3) is 0 Å². The van der Waals surface area contributed by atoms with Crippen LogP contribution in [0.3, 0.4) is 0 Å². The lowest BCUT2D eigenvalue weighted by molar-refractivity contribution is -0.116. The molecular weight excluding hydrogens is 330 g/mol.